The highest BCUT2D eigenvalue weighted by Gasteiger charge is 2.17. The number of carbonyl (C=O) groups is 2. The van der Waals surface area contributed by atoms with Gasteiger partial charge in [-0.05, 0) is 42.8 Å². The van der Waals surface area contributed by atoms with Crippen LogP contribution in [0.1, 0.15) is 26.3 Å². The molecule has 0 unspecified atom stereocenters. The van der Waals surface area contributed by atoms with Gasteiger partial charge in [0.2, 0.25) is 0 Å². The van der Waals surface area contributed by atoms with Crippen molar-refractivity contribution in [1.29, 1.82) is 0 Å². The molecule has 24 heavy (non-hydrogen) atoms. The first-order valence-corrected chi connectivity index (χ1v) is 7.37. The van der Waals surface area contributed by atoms with Crippen molar-refractivity contribution in [1.82, 2.24) is 5.32 Å². The molecule has 2 amide bonds. The maximum absolute atomic E-state index is 12.6. The van der Waals surface area contributed by atoms with Gasteiger partial charge in [-0.3, -0.25) is 9.59 Å². The third-order valence-corrected chi connectivity index (χ3v) is 3.61. The van der Waals surface area contributed by atoms with Crippen LogP contribution in [0, 0.1) is 6.92 Å². The summed E-state index contributed by atoms with van der Waals surface area (Å²) >= 11 is 0. The number of hydrogen-bond donors (Lipinski definition) is 2. The molecule has 0 aliphatic rings. The second-order valence-electron chi connectivity index (χ2n) is 5.10. The average Bonchev–Trinajstić information content (AvgIpc) is 2.61. The Balaban J connectivity index is 2.29. The number of rotatable bonds is 5. The van der Waals surface area contributed by atoms with Crippen LogP contribution >= 0.6 is 0 Å². The Morgan fingerprint density at radius 3 is 2.33 bits per heavy atom. The molecule has 0 aromatic heterocycles. The Morgan fingerprint density at radius 1 is 1.00 bits per heavy atom. The Kier molecular flexibility index (Phi) is 5.42. The van der Waals surface area contributed by atoms with Crippen LogP contribution in [0.25, 0.3) is 0 Å². The van der Waals surface area contributed by atoms with E-state index in [0.717, 1.165) is 5.56 Å². The molecule has 0 fully saturated rings. The molecule has 0 aliphatic heterocycles. The number of benzene rings is 2. The first kappa shape index (κ1) is 17.3. The van der Waals surface area contributed by atoms with Gasteiger partial charge in [0.15, 0.2) is 11.5 Å². The highest BCUT2D eigenvalue weighted by Crippen LogP contribution is 2.31. The number of para-hydroxylation sites is 1. The lowest BCUT2D eigenvalue weighted by Gasteiger charge is -2.14. The summed E-state index contributed by atoms with van der Waals surface area (Å²) in [5.74, 6) is 0.362. The maximum Gasteiger partial charge on any atom is 0.259 e. The molecule has 0 bridgehead atoms. The fourth-order valence-corrected chi connectivity index (χ4v) is 2.35. The topological polar surface area (TPSA) is 76.7 Å². The van der Waals surface area contributed by atoms with Gasteiger partial charge >= 0.3 is 0 Å². The molecule has 0 heterocycles. The number of nitrogens with one attached hydrogen (secondary N) is 2. The van der Waals surface area contributed by atoms with E-state index < -0.39 is 0 Å². The molecule has 0 saturated heterocycles. The van der Waals surface area contributed by atoms with Crippen LogP contribution in [0.5, 0.6) is 11.5 Å². The van der Waals surface area contributed by atoms with E-state index >= 15 is 0 Å². The lowest BCUT2D eigenvalue weighted by atomic mass is 10.1. The van der Waals surface area contributed by atoms with Gasteiger partial charge in [0.25, 0.3) is 11.8 Å². The van der Waals surface area contributed by atoms with Gasteiger partial charge < -0.3 is 20.1 Å². The van der Waals surface area contributed by atoms with Gasteiger partial charge in [0.1, 0.15) is 0 Å². The van der Waals surface area contributed by atoms with Crippen LogP contribution in [0.4, 0.5) is 5.69 Å². The summed E-state index contributed by atoms with van der Waals surface area (Å²) in [6.07, 6.45) is 0. The van der Waals surface area contributed by atoms with Crippen molar-refractivity contribution in [2.24, 2.45) is 0 Å². The number of carbonyl (C=O) groups excluding carboxylic acids is 2. The molecule has 0 saturated carbocycles. The van der Waals surface area contributed by atoms with Gasteiger partial charge in [-0.15, -0.1) is 0 Å². The van der Waals surface area contributed by atoms with E-state index in [1.54, 1.807) is 43.4 Å². The van der Waals surface area contributed by atoms with Crippen LogP contribution in [-0.2, 0) is 0 Å². The summed E-state index contributed by atoms with van der Waals surface area (Å²) in [6.45, 7) is 1.82. The summed E-state index contributed by atoms with van der Waals surface area (Å²) in [6, 6.07) is 10.2. The van der Waals surface area contributed by atoms with E-state index in [1.165, 1.54) is 14.2 Å². The Bertz CT molecular complexity index is 772. The second kappa shape index (κ2) is 7.50. The molecule has 2 aromatic rings. The molecule has 2 aromatic carbocycles. The number of anilines is 1. The third-order valence-electron chi connectivity index (χ3n) is 3.61. The standard InChI is InChI=1S/C18H20N2O4/c1-11-10-12(17(21)19-2)8-9-14(11)20-18(22)13-6-5-7-15(23-3)16(13)24-4/h5-10H,1-4H3,(H,19,21)(H,20,22). The van der Waals surface area contributed by atoms with Crippen molar-refractivity contribution in [3.63, 3.8) is 0 Å². The summed E-state index contributed by atoms with van der Waals surface area (Å²) in [5.41, 5.74) is 2.31. The van der Waals surface area contributed by atoms with Gasteiger partial charge in [0.05, 0.1) is 19.8 Å². The second-order valence-corrected chi connectivity index (χ2v) is 5.10. The number of methoxy groups -OCH3 is 2. The lowest BCUT2D eigenvalue weighted by molar-refractivity contribution is 0.0962. The SMILES string of the molecule is CNC(=O)c1ccc(NC(=O)c2cccc(OC)c2OC)c(C)c1. The fraction of sp³-hybridized carbons (Fsp3) is 0.222. The highest BCUT2D eigenvalue weighted by molar-refractivity contribution is 6.07. The van der Waals surface area contributed by atoms with Gasteiger partial charge in [-0.2, -0.15) is 0 Å². The largest absolute Gasteiger partial charge is 0.493 e. The van der Waals surface area contributed by atoms with Crippen LogP contribution in [-0.4, -0.2) is 33.1 Å². The molecule has 126 valence electrons. The minimum atomic E-state index is -0.318. The minimum absolute atomic E-state index is 0.176. The number of ether oxygens (including phenoxy) is 2. The van der Waals surface area contributed by atoms with Gasteiger partial charge in [0, 0.05) is 18.3 Å². The number of amides is 2. The van der Waals surface area contributed by atoms with Crippen LogP contribution in [0.15, 0.2) is 36.4 Å². The van der Waals surface area contributed by atoms with E-state index in [2.05, 4.69) is 10.6 Å². The minimum Gasteiger partial charge on any atom is -0.493 e. The summed E-state index contributed by atoms with van der Waals surface area (Å²) in [5, 5.41) is 5.40. The van der Waals surface area contributed by atoms with Crippen molar-refractivity contribution in [3.05, 3.63) is 53.1 Å². The fourth-order valence-electron chi connectivity index (χ4n) is 2.35. The van der Waals surface area contributed by atoms with E-state index in [9.17, 15) is 9.59 Å². The molecule has 0 aliphatic carbocycles. The molecule has 0 atom stereocenters. The van der Waals surface area contributed by atoms with Crippen molar-refractivity contribution in [2.45, 2.75) is 6.92 Å². The Labute approximate surface area is 140 Å². The van der Waals surface area contributed by atoms with Crippen molar-refractivity contribution < 1.29 is 19.1 Å². The van der Waals surface area contributed by atoms with Crippen LogP contribution < -0.4 is 20.1 Å². The summed E-state index contributed by atoms with van der Waals surface area (Å²) in [7, 11) is 4.57. The Hall–Kier alpha value is -3.02. The molecular formula is C18H20N2O4. The predicted molar refractivity (Wildman–Crippen MR) is 92.1 cm³/mol. The van der Waals surface area contributed by atoms with Crippen molar-refractivity contribution in [3.8, 4) is 11.5 Å². The van der Waals surface area contributed by atoms with E-state index in [-0.39, 0.29) is 11.8 Å². The molecule has 2 N–H and O–H groups in total. The maximum atomic E-state index is 12.6. The summed E-state index contributed by atoms with van der Waals surface area (Å²) < 4.78 is 10.5. The highest BCUT2D eigenvalue weighted by atomic mass is 16.5. The van der Waals surface area contributed by atoms with Gasteiger partial charge in [-0.1, -0.05) is 6.07 Å². The predicted octanol–water partition coefficient (Wildman–Crippen LogP) is 2.62. The lowest BCUT2D eigenvalue weighted by Crippen LogP contribution is -2.18. The van der Waals surface area contributed by atoms with E-state index in [0.29, 0.717) is 28.3 Å². The van der Waals surface area contributed by atoms with Crippen LogP contribution in [0.3, 0.4) is 0 Å². The zero-order valence-electron chi connectivity index (χ0n) is 14.1. The van der Waals surface area contributed by atoms with Crippen molar-refractivity contribution in [2.75, 3.05) is 26.6 Å². The van der Waals surface area contributed by atoms with E-state index in [1.807, 2.05) is 6.92 Å². The molecule has 0 spiro atoms. The monoisotopic (exact) mass is 328 g/mol. The normalized spacial score (nSPS) is 10.0. The smallest absolute Gasteiger partial charge is 0.259 e. The van der Waals surface area contributed by atoms with Crippen molar-refractivity contribution >= 4 is 17.5 Å². The number of aryl methyl sites for hydroxylation is 1. The number of hydrogen-bond acceptors (Lipinski definition) is 4. The first-order chi connectivity index (χ1) is 11.5. The average molecular weight is 328 g/mol. The first-order valence-electron chi connectivity index (χ1n) is 7.37. The Morgan fingerprint density at radius 2 is 1.75 bits per heavy atom. The van der Waals surface area contributed by atoms with Crippen LogP contribution in [0.2, 0.25) is 0 Å². The quantitative estimate of drug-likeness (QED) is 0.884. The molecule has 2 rings (SSSR count). The zero-order chi connectivity index (χ0) is 17.7. The van der Waals surface area contributed by atoms with Gasteiger partial charge in [-0.25, -0.2) is 0 Å². The molecule has 6 heteroatoms. The van der Waals surface area contributed by atoms with E-state index in [4.69, 9.17) is 9.47 Å². The molecule has 6 nitrogen and oxygen atoms in total. The summed E-state index contributed by atoms with van der Waals surface area (Å²) in [4.78, 5) is 24.2. The molecule has 0 radical (unpaired) electrons. The molecular weight excluding hydrogens is 308 g/mol. The third kappa shape index (κ3) is 3.48. The zero-order valence-corrected chi connectivity index (χ0v) is 14.1.